The smallest absolute Gasteiger partial charge is 0.231 e. The molecule has 0 amide bonds. The van der Waals surface area contributed by atoms with Gasteiger partial charge in [0.2, 0.25) is 6.79 Å². The summed E-state index contributed by atoms with van der Waals surface area (Å²) in [6.07, 6.45) is 1.54. The third kappa shape index (κ3) is 2.17. The van der Waals surface area contributed by atoms with Gasteiger partial charge in [0.05, 0.1) is 17.1 Å². The van der Waals surface area contributed by atoms with E-state index in [4.69, 9.17) is 15.2 Å². The first kappa shape index (κ1) is 13.1. The highest BCUT2D eigenvalue weighted by Crippen LogP contribution is 2.33. The number of rotatable bonds is 3. The quantitative estimate of drug-likeness (QED) is 0.796. The lowest BCUT2D eigenvalue weighted by atomic mass is 10.2. The molecule has 22 heavy (non-hydrogen) atoms. The molecule has 3 aromatic rings. The minimum absolute atomic E-state index is 0.271. The average molecular weight is 315 g/mol. The summed E-state index contributed by atoms with van der Waals surface area (Å²) in [7, 11) is 0. The molecule has 0 saturated carbocycles. The molecule has 0 radical (unpaired) electrons. The number of aryl methyl sites for hydroxylation is 1. The molecule has 7 nitrogen and oxygen atoms in total. The average Bonchev–Trinajstić information content (AvgIpc) is 3.18. The van der Waals surface area contributed by atoms with Crippen molar-refractivity contribution < 1.29 is 9.47 Å². The fraction of sp³-hybridized carbons (Fsp3) is 0.214. The van der Waals surface area contributed by atoms with Gasteiger partial charge in [-0.15, -0.1) is 0 Å². The zero-order chi connectivity index (χ0) is 15.1. The zero-order valence-corrected chi connectivity index (χ0v) is 12.6. The van der Waals surface area contributed by atoms with Gasteiger partial charge in [0.1, 0.15) is 6.33 Å². The third-order valence-electron chi connectivity index (χ3n) is 3.40. The predicted octanol–water partition coefficient (Wildman–Crippen LogP) is 2.07. The summed E-state index contributed by atoms with van der Waals surface area (Å²) in [6, 6.07) is 5.86. The van der Waals surface area contributed by atoms with Crippen LogP contribution in [0.1, 0.15) is 11.3 Å². The van der Waals surface area contributed by atoms with E-state index in [-0.39, 0.29) is 6.79 Å². The largest absolute Gasteiger partial charge is 0.454 e. The molecule has 2 aromatic heterocycles. The first-order chi connectivity index (χ1) is 10.7. The number of thiazole rings is 1. The fourth-order valence-electron chi connectivity index (χ4n) is 2.39. The Morgan fingerprint density at radius 2 is 2.18 bits per heavy atom. The van der Waals surface area contributed by atoms with E-state index in [1.54, 1.807) is 0 Å². The Morgan fingerprint density at radius 1 is 1.32 bits per heavy atom. The van der Waals surface area contributed by atoms with Crippen molar-refractivity contribution in [1.82, 2.24) is 19.7 Å². The van der Waals surface area contributed by atoms with Crippen LogP contribution < -0.4 is 15.2 Å². The molecule has 2 N–H and O–H groups in total. The van der Waals surface area contributed by atoms with Gasteiger partial charge in [0.15, 0.2) is 22.5 Å². The highest BCUT2D eigenvalue weighted by atomic mass is 32.1. The molecule has 0 spiro atoms. The number of ether oxygens (including phenoxy) is 2. The van der Waals surface area contributed by atoms with E-state index >= 15 is 0 Å². The lowest BCUT2D eigenvalue weighted by Crippen LogP contribution is -2.04. The van der Waals surface area contributed by atoms with E-state index in [0.29, 0.717) is 11.7 Å². The summed E-state index contributed by atoms with van der Waals surface area (Å²) >= 11 is 1.42. The Bertz CT molecular complexity index is 842. The van der Waals surface area contributed by atoms with Crippen molar-refractivity contribution in [1.29, 1.82) is 0 Å². The van der Waals surface area contributed by atoms with Gasteiger partial charge in [-0.25, -0.2) is 14.6 Å². The van der Waals surface area contributed by atoms with Crippen LogP contribution in [0.5, 0.6) is 11.5 Å². The molecule has 1 aliphatic heterocycles. The van der Waals surface area contributed by atoms with Crippen molar-refractivity contribution in [2.45, 2.75) is 13.5 Å². The first-order valence-corrected chi connectivity index (χ1v) is 7.52. The summed E-state index contributed by atoms with van der Waals surface area (Å²) in [5, 5.41) is 4.84. The topological polar surface area (TPSA) is 88.1 Å². The summed E-state index contributed by atoms with van der Waals surface area (Å²) in [5.41, 5.74) is 7.69. The number of fused-ring (bicyclic) bond motifs is 1. The molecule has 112 valence electrons. The Hall–Kier alpha value is -2.61. The molecule has 0 fully saturated rings. The molecule has 4 rings (SSSR count). The summed E-state index contributed by atoms with van der Waals surface area (Å²) in [4.78, 5) is 9.52. The number of benzene rings is 1. The Labute approximate surface area is 130 Å². The van der Waals surface area contributed by atoms with E-state index in [9.17, 15) is 0 Å². The van der Waals surface area contributed by atoms with E-state index in [1.807, 2.05) is 29.8 Å². The van der Waals surface area contributed by atoms with Gasteiger partial charge in [-0.3, -0.25) is 0 Å². The highest BCUT2D eigenvalue weighted by Gasteiger charge is 2.17. The van der Waals surface area contributed by atoms with Crippen LogP contribution in [-0.2, 0) is 6.54 Å². The molecular weight excluding hydrogens is 302 g/mol. The van der Waals surface area contributed by atoms with Gasteiger partial charge in [-0.1, -0.05) is 17.4 Å². The summed E-state index contributed by atoms with van der Waals surface area (Å²) in [6.45, 7) is 2.78. The van der Waals surface area contributed by atoms with Crippen LogP contribution in [0.2, 0.25) is 0 Å². The summed E-state index contributed by atoms with van der Waals surface area (Å²) in [5.74, 6) is 2.30. The number of hydrogen-bond donors (Lipinski definition) is 1. The Kier molecular flexibility index (Phi) is 2.97. The lowest BCUT2D eigenvalue weighted by molar-refractivity contribution is 0.174. The van der Waals surface area contributed by atoms with Crippen LogP contribution in [-0.4, -0.2) is 26.5 Å². The number of nitrogen functional groups attached to an aromatic ring is 1. The normalized spacial score (nSPS) is 12.8. The van der Waals surface area contributed by atoms with Crippen LogP contribution in [0.25, 0.3) is 10.7 Å². The van der Waals surface area contributed by atoms with E-state index < -0.39 is 0 Å². The second-order valence-corrected chi connectivity index (χ2v) is 5.93. The molecule has 0 saturated heterocycles. The maximum atomic E-state index is 5.77. The molecule has 0 bridgehead atoms. The van der Waals surface area contributed by atoms with E-state index in [1.165, 1.54) is 17.7 Å². The Balaban J connectivity index is 1.67. The molecule has 0 aliphatic carbocycles. The van der Waals surface area contributed by atoms with Gasteiger partial charge < -0.3 is 15.2 Å². The van der Waals surface area contributed by atoms with Crippen molar-refractivity contribution in [3.05, 3.63) is 35.8 Å². The minimum atomic E-state index is 0.271. The van der Waals surface area contributed by atoms with Gasteiger partial charge in [-0.2, -0.15) is 5.10 Å². The monoisotopic (exact) mass is 315 g/mol. The standard InChI is InChI=1S/C14H13N5O2S/c1-8-12(22-14(15)18-8)13-16-6-17-19(13)5-9-2-3-10-11(4-9)21-7-20-10/h2-4,6H,5,7H2,1H3,(H2,15,18). The molecule has 0 atom stereocenters. The molecule has 8 heteroatoms. The summed E-state index contributed by atoms with van der Waals surface area (Å²) < 4.78 is 12.6. The van der Waals surface area contributed by atoms with Crippen molar-refractivity contribution in [3.63, 3.8) is 0 Å². The number of nitrogens with zero attached hydrogens (tertiary/aromatic N) is 4. The molecule has 1 aliphatic rings. The van der Waals surface area contributed by atoms with Crippen LogP contribution in [0.15, 0.2) is 24.5 Å². The first-order valence-electron chi connectivity index (χ1n) is 6.70. The van der Waals surface area contributed by atoms with E-state index in [0.717, 1.165) is 33.5 Å². The number of aromatic nitrogens is 4. The second-order valence-electron chi connectivity index (χ2n) is 4.90. The van der Waals surface area contributed by atoms with Crippen LogP contribution in [0, 0.1) is 6.92 Å². The van der Waals surface area contributed by atoms with Gasteiger partial charge in [0, 0.05) is 0 Å². The number of anilines is 1. The van der Waals surface area contributed by atoms with Crippen molar-refractivity contribution in [3.8, 4) is 22.2 Å². The van der Waals surface area contributed by atoms with Crippen molar-refractivity contribution in [2.24, 2.45) is 0 Å². The second kappa shape index (κ2) is 4.99. The van der Waals surface area contributed by atoms with Gasteiger partial charge >= 0.3 is 0 Å². The molecular formula is C14H13N5O2S. The van der Waals surface area contributed by atoms with Crippen molar-refractivity contribution in [2.75, 3.05) is 12.5 Å². The van der Waals surface area contributed by atoms with Crippen LogP contribution in [0.3, 0.4) is 0 Å². The SMILES string of the molecule is Cc1nc(N)sc1-c1ncnn1Cc1ccc2c(c1)OCO2. The van der Waals surface area contributed by atoms with Crippen LogP contribution in [0.4, 0.5) is 5.13 Å². The van der Waals surface area contributed by atoms with Crippen LogP contribution >= 0.6 is 11.3 Å². The number of nitrogens with two attached hydrogens (primary N) is 1. The number of hydrogen-bond acceptors (Lipinski definition) is 7. The Morgan fingerprint density at radius 3 is 3.00 bits per heavy atom. The lowest BCUT2D eigenvalue weighted by Gasteiger charge is -2.06. The molecule has 0 unspecified atom stereocenters. The third-order valence-corrected chi connectivity index (χ3v) is 4.38. The zero-order valence-electron chi connectivity index (χ0n) is 11.8. The highest BCUT2D eigenvalue weighted by molar-refractivity contribution is 7.18. The van der Waals surface area contributed by atoms with E-state index in [2.05, 4.69) is 15.1 Å². The van der Waals surface area contributed by atoms with Gasteiger partial charge in [0.25, 0.3) is 0 Å². The molecule has 1 aromatic carbocycles. The molecule has 3 heterocycles. The predicted molar refractivity (Wildman–Crippen MR) is 81.9 cm³/mol. The van der Waals surface area contributed by atoms with Gasteiger partial charge in [-0.05, 0) is 24.6 Å². The fourth-order valence-corrected chi connectivity index (χ4v) is 3.23. The minimum Gasteiger partial charge on any atom is -0.454 e. The maximum absolute atomic E-state index is 5.77. The maximum Gasteiger partial charge on any atom is 0.231 e. The van der Waals surface area contributed by atoms with Crippen molar-refractivity contribution >= 4 is 16.5 Å².